The van der Waals surface area contributed by atoms with Crippen LogP contribution in [0.2, 0.25) is 0 Å². The van der Waals surface area contributed by atoms with Gasteiger partial charge in [0.25, 0.3) is 6.71 Å². The predicted octanol–water partition coefficient (Wildman–Crippen LogP) is 7.55. The highest BCUT2D eigenvalue weighted by molar-refractivity contribution is 7.00. The molecule has 14 rings (SSSR count). The lowest BCUT2D eigenvalue weighted by molar-refractivity contribution is 1.04. The molecule has 9 nitrogen and oxygen atoms in total. The molecule has 57 heavy (non-hydrogen) atoms. The first-order valence-corrected chi connectivity index (χ1v) is 19.1. The molecule has 0 saturated heterocycles. The van der Waals surface area contributed by atoms with Crippen LogP contribution in [0.25, 0.3) is 100 Å². The Morgan fingerprint density at radius 3 is 1.68 bits per heavy atom. The Morgan fingerprint density at radius 1 is 0.439 bits per heavy atom. The minimum absolute atomic E-state index is 0.0826. The summed E-state index contributed by atoms with van der Waals surface area (Å²) < 4.78 is 9.62. The predicted molar refractivity (Wildman–Crippen MR) is 228 cm³/mol. The van der Waals surface area contributed by atoms with Crippen LogP contribution in [-0.4, -0.2) is 49.9 Å². The zero-order chi connectivity index (χ0) is 36.9. The number of fused-ring (bicyclic) bond motifs is 14. The fraction of sp³-hybridized carbons (Fsp3) is 0. The maximum Gasteiger partial charge on any atom is 0.252 e. The minimum Gasteiger partial charge on any atom is -0.295 e. The van der Waals surface area contributed by atoms with Gasteiger partial charge in [-0.25, -0.2) is 15.0 Å². The first-order chi connectivity index (χ1) is 28.3. The zero-order valence-electron chi connectivity index (χ0n) is 30.1. The second-order valence-electron chi connectivity index (χ2n) is 14.9. The number of hydrogen-bond acceptors (Lipinski definition) is 5. The van der Waals surface area contributed by atoms with Gasteiger partial charge in [0.15, 0.2) is 5.82 Å². The van der Waals surface area contributed by atoms with Gasteiger partial charge < -0.3 is 0 Å². The van der Waals surface area contributed by atoms with E-state index in [1.165, 1.54) is 21.8 Å². The number of nitrogens with zero attached hydrogens (tertiary/aromatic N) is 9. The van der Waals surface area contributed by atoms with Crippen LogP contribution in [0.15, 0.2) is 158 Å². The van der Waals surface area contributed by atoms with Gasteiger partial charge in [0, 0.05) is 70.1 Å². The maximum absolute atomic E-state index is 5.20. The molecular formula is C47H26BN9. The molecule has 0 saturated carbocycles. The Morgan fingerprint density at radius 2 is 1.00 bits per heavy atom. The molecule has 0 radical (unpaired) electrons. The van der Waals surface area contributed by atoms with Crippen molar-refractivity contribution >= 4 is 89.2 Å². The molecule has 0 amide bonds. The molecule has 0 atom stereocenters. The first kappa shape index (κ1) is 29.5. The van der Waals surface area contributed by atoms with E-state index < -0.39 is 0 Å². The highest BCUT2D eigenvalue weighted by Crippen LogP contribution is 2.45. The van der Waals surface area contributed by atoms with Gasteiger partial charge in [0.2, 0.25) is 0 Å². The van der Waals surface area contributed by atoms with Crippen molar-refractivity contribution in [3.05, 3.63) is 158 Å². The topological polar surface area (TPSA) is 84.2 Å². The van der Waals surface area contributed by atoms with Gasteiger partial charge in [-0.2, -0.15) is 0 Å². The third-order valence-electron chi connectivity index (χ3n) is 12.2. The van der Waals surface area contributed by atoms with Crippen molar-refractivity contribution in [2.75, 3.05) is 0 Å². The van der Waals surface area contributed by atoms with Gasteiger partial charge in [0.1, 0.15) is 16.9 Å². The third kappa shape index (κ3) is 3.54. The van der Waals surface area contributed by atoms with Gasteiger partial charge in [-0.1, -0.05) is 54.6 Å². The highest BCUT2D eigenvalue weighted by atomic mass is 15.2. The van der Waals surface area contributed by atoms with Crippen LogP contribution in [0, 0.1) is 0 Å². The summed E-state index contributed by atoms with van der Waals surface area (Å²) in [6, 6.07) is 45.0. The lowest BCUT2D eigenvalue weighted by Crippen LogP contribution is -2.59. The number of pyridine rings is 3. The Labute approximate surface area is 323 Å². The Hall–Kier alpha value is -7.85. The lowest BCUT2D eigenvalue weighted by Gasteiger charge is -2.33. The smallest absolute Gasteiger partial charge is 0.252 e. The summed E-state index contributed by atoms with van der Waals surface area (Å²) in [5.41, 5.74) is 17.2. The molecule has 10 heterocycles. The first-order valence-electron chi connectivity index (χ1n) is 19.1. The van der Waals surface area contributed by atoms with Crippen LogP contribution in [0.3, 0.4) is 0 Å². The van der Waals surface area contributed by atoms with Crippen molar-refractivity contribution in [3.63, 3.8) is 0 Å². The fourth-order valence-electron chi connectivity index (χ4n) is 10.1. The van der Waals surface area contributed by atoms with Crippen molar-refractivity contribution < 1.29 is 0 Å². The van der Waals surface area contributed by atoms with E-state index in [1.807, 2.05) is 43.1 Å². The summed E-state index contributed by atoms with van der Waals surface area (Å²) in [5.74, 6) is 0.662. The summed E-state index contributed by atoms with van der Waals surface area (Å²) in [6.45, 7) is -0.0826. The minimum atomic E-state index is -0.0826. The van der Waals surface area contributed by atoms with Crippen molar-refractivity contribution in [1.82, 2.24) is 43.2 Å². The molecule has 2 aliphatic rings. The molecule has 8 aromatic heterocycles. The van der Waals surface area contributed by atoms with E-state index in [-0.39, 0.29) is 6.71 Å². The molecule has 262 valence electrons. The average Bonchev–Trinajstić information content (AvgIpc) is 4.00. The van der Waals surface area contributed by atoms with E-state index in [9.17, 15) is 0 Å². The highest BCUT2D eigenvalue weighted by Gasteiger charge is 2.43. The van der Waals surface area contributed by atoms with Gasteiger partial charge >= 0.3 is 0 Å². The zero-order valence-corrected chi connectivity index (χ0v) is 30.1. The maximum atomic E-state index is 5.20. The normalized spacial score (nSPS) is 12.9. The molecule has 12 aromatic rings. The Kier molecular flexibility index (Phi) is 5.42. The number of rotatable bonds is 3. The van der Waals surface area contributed by atoms with Crippen molar-refractivity contribution in [3.8, 4) is 34.1 Å². The second kappa shape index (κ2) is 10.5. The van der Waals surface area contributed by atoms with Crippen LogP contribution in [0.5, 0.6) is 0 Å². The number of aromatic nitrogens is 9. The summed E-state index contributed by atoms with van der Waals surface area (Å²) in [4.78, 5) is 25.0. The van der Waals surface area contributed by atoms with Crippen molar-refractivity contribution in [2.24, 2.45) is 0 Å². The monoisotopic (exact) mass is 727 g/mol. The Bertz CT molecular complexity index is 3470. The largest absolute Gasteiger partial charge is 0.295 e. The molecule has 0 bridgehead atoms. The molecule has 0 fully saturated rings. The van der Waals surface area contributed by atoms with Gasteiger partial charge in [-0.15, -0.1) is 0 Å². The molecule has 4 aromatic carbocycles. The summed E-state index contributed by atoms with van der Waals surface area (Å²) in [5, 5.41) is 4.45. The summed E-state index contributed by atoms with van der Waals surface area (Å²) >= 11 is 0. The molecule has 0 spiro atoms. The number of para-hydroxylation sites is 3. The molecule has 10 heteroatoms. The lowest BCUT2D eigenvalue weighted by atomic mass is 9.34. The Balaban J connectivity index is 1.24. The summed E-state index contributed by atoms with van der Waals surface area (Å²) in [7, 11) is 0. The van der Waals surface area contributed by atoms with E-state index in [2.05, 4.69) is 134 Å². The fourth-order valence-corrected chi connectivity index (χ4v) is 10.1. The average molecular weight is 728 g/mol. The standard InChI is InChI=1S/C47H26BN9/c1-3-11-28(12-4-1)54-34-17-8-7-15-30(34)37-40-42-32(18-23-49-40)48-33-19-24-50-41-38-31-16-9-20-53-45(31)55(29-13-5-2-6-14-29)47(38)57(43(33)41)36-26-27(44-51-21-10-22-52-44)25-35(39(36)48)56(42)46(37)54/h1-26H. The second-order valence-corrected chi connectivity index (χ2v) is 14.9. The molecular weight excluding hydrogens is 701 g/mol. The van der Waals surface area contributed by atoms with Crippen LogP contribution >= 0.6 is 0 Å². The van der Waals surface area contributed by atoms with Crippen LogP contribution < -0.4 is 16.4 Å². The van der Waals surface area contributed by atoms with Crippen LogP contribution in [0.4, 0.5) is 0 Å². The quantitative estimate of drug-likeness (QED) is 0.176. The van der Waals surface area contributed by atoms with Crippen molar-refractivity contribution in [1.29, 1.82) is 0 Å². The van der Waals surface area contributed by atoms with Gasteiger partial charge in [-0.3, -0.25) is 28.2 Å². The van der Waals surface area contributed by atoms with E-state index >= 15 is 0 Å². The van der Waals surface area contributed by atoms with Crippen LogP contribution in [0.1, 0.15) is 0 Å². The molecule has 0 unspecified atom stereocenters. The SMILES string of the molecule is c1ccc(-n2c3ccccc3c3c4nccc5c4n(c32)-c2cc(-c3ncccn3)cc3c2B5c2ccnc4c5c6cccnc6n(-c6ccccc6)c5n-3c24)cc1. The van der Waals surface area contributed by atoms with E-state index in [0.717, 1.165) is 89.0 Å². The van der Waals surface area contributed by atoms with Gasteiger partial charge in [-0.05, 0) is 89.2 Å². The molecule has 0 aliphatic carbocycles. The van der Waals surface area contributed by atoms with E-state index in [4.69, 9.17) is 24.9 Å². The number of benzene rings is 4. The summed E-state index contributed by atoms with van der Waals surface area (Å²) in [6.07, 6.45) is 9.50. The third-order valence-corrected chi connectivity index (χ3v) is 12.2. The molecule has 0 N–H and O–H groups in total. The van der Waals surface area contributed by atoms with E-state index in [0.29, 0.717) is 5.82 Å². The van der Waals surface area contributed by atoms with Crippen molar-refractivity contribution in [2.45, 2.75) is 0 Å². The van der Waals surface area contributed by atoms with Gasteiger partial charge in [0.05, 0.1) is 38.4 Å². The van der Waals surface area contributed by atoms with E-state index in [1.54, 1.807) is 0 Å². The molecule has 2 aliphatic heterocycles. The van der Waals surface area contributed by atoms with Crippen LogP contribution in [-0.2, 0) is 0 Å². The number of hydrogen-bond donors (Lipinski definition) is 0.